The number of halogens is 3. The van der Waals surface area contributed by atoms with Crippen molar-refractivity contribution >= 4 is 22.3 Å². The summed E-state index contributed by atoms with van der Waals surface area (Å²) in [7, 11) is 0. The number of anilines is 2. The first-order valence-corrected chi connectivity index (χ1v) is 8.73. The van der Waals surface area contributed by atoms with Crippen molar-refractivity contribution in [1.29, 1.82) is 0 Å². The number of rotatable bonds is 4. The second-order valence-electron chi connectivity index (χ2n) is 6.38. The van der Waals surface area contributed by atoms with Crippen molar-refractivity contribution < 1.29 is 17.6 Å². The van der Waals surface area contributed by atoms with Crippen LogP contribution in [0.4, 0.5) is 24.5 Å². The van der Waals surface area contributed by atoms with Crippen molar-refractivity contribution in [1.82, 2.24) is 0 Å². The first-order chi connectivity index (χ1) is 13.9. The molecule has 146 valence electrons. The van der Waals surface area contributed by atoms with Gasteiger partial charge in [-0.2, -0.15) is 13.2 Å². The van der Waals surface area contributed by atoms with Crippen LogP contribution in [0.2, 0.25) is 0 Å². The zero-order chi connectivity index (χ0) is 20.4. The summed E-state index contributed by atoms with van der Waals surface area (Å²) in [6.07, 6.45) is -4.38. The third-order valence-corrected chi connectivity index (χ3v) is 4.35. The van der Waals surface area contributed by atoms with Gasteiger partial charge in [0, 0.05) is 17.7 Å². The number of hydrazine groups is 1. The van der Waals surface area contributed by atoms with Gasteiger partial charge in [0.15, 0.2) is 5.43 Å². The smallest absolute Gasteiger partial charge is 0.416 e. The molecule has 0 unspecified atom stereocenters. The zero-order valence-electron chi connectivity index (χ0n) is 15.0. The third kappa shape index (κ3) is 4.08. The molecule has 0 bridgehead atoms. The Bertz CT molecular complexity index is 1200. The van der Waals surface area contributed by atoms with Crippen LogP contribution in [-0.2, 0) is 6.18 Å². The normalized spacial score (nSPS) is 11.4. The maximum absolute atomic E-state index is 12.6. The standard InChI is InChI=1S/C22H15F3N2O2/c23-22(24,25)15-6-8-16(9-7-15)26-27-17-10-11-18-19(28)13-20(29-21(18)12-17)14-4-2-1-3-5-14/h1-13,26-27H. The molecule has 4 aromatic rings. The van der Waals surface area contributed by atoms with Crippen molar-refractivity contribution in [3.63, 3.8) is 0 Å². The SMILES string of the molecule is O=c1cc(-c2ccccc2)oc2cc(NNc3ccc(C(F)(F)F)cc3)ccc12. The van der Waals surface area contributed by atoms with Crippen LogP contribution >= 0.6 is 0 Å². The maximum atomic E-state index is 12.6. The fourth-order valence-corrected chi connectivity index (χ4v) is 2.86. The minimum absolute atomic E-state index is 0.160. The number of hydrogen-bond acceptors (Lipinski definition) is 4. The highest BCUT2D eigenvalue weighted by molar-refractivity contribution is 5.82. The van der Waals surface area contributed by atoms with Gasteiger partial charge in [-0.05, 0) is 36.4 Å². The summed E-state index contributed by atoms with van der Waals surface area (Å²) in [6, 6.07) is 20.3. The lowest BCUT2D eigenvalue weighted by Gasteiger charge is -2.12. The lowest BCUT2D eigenvalue weighted by atomic mass is 10.1. The van der Waals surface area contributed by atoms with Crippen molar-refractivity contribution in [3.05, 3.63) is 94.6 Å². The van der Waals surface area contributed by atoms with Crippen LogP contribution in [0, 0.1) is 0 Å². The Morgan fingerprint density at radius 1 is 0.759 bits per heavy atom. The van der Waals surface area contributed by atoms with Crippen LogP contribution in [0.15, 0.2) is 88.1 Å². The largest absolute Gasteiger partial charge is 0.456 e. The number of benzene rings is 3. The molecule has 1 heterocycles. The van der Waals surface area contributed by atoms with Crippen LogP contribution < -0.4 is 16.3 Å². The van der Waals surface area contributed by atoms with Crippen LogP contribution in [-0.4, -0.2) is 0 Å². The van der Waals surface area contributed by atoms with E-state index in [4.69, 9.17) is 4.42 Å². The Labute approximate surface area is 163 Å². The predicted molar refractivity (Wildman–Crippen MR) is 107 cm³/mol. The van der Waals surface area contributed by atoms with Crippen molar-refractivity contribution in [3.8, 4) is 11.3 Å². The van der Waals surface area contributed by atoms with Crippen molar-refractivity contribution in [2.24, 2.45) is 0 Å². The molecule has 4 rings (SSSR count). The van der Waals surface area contributed by atoms with Gasteiger partial charge < -0.3 is 15.3 Å². The second kappa shape index (κ2) is 7.35. The number of alkyl halides is 3. The van der Waals surface area contributed by atoms with E-state index in [1.54, 1.807) is 18.2 Å². The van der Waals surface area contributed by atoms with E-state index >= 15 is 0 Å². The molecule has 7 heteroatoms. The van der Waals surface area contributed by atoms with Crippen molar-refractivity contribution in [2.75, 3.05) is 10.9 Å². The highest BCUT2D eigenvalue weighted by Gasteiger charge is 2.29. The molecule has 0 saturated carbocycles. The van der Waals surface area contributed by atoms with Crippen LogP contribution in [0.3, 0.4) is 0 Å². The summed E-state index contributed by atoms with van der Waals surface area (Å²) in [5, 5.41) is 0.435. The van der Waals surface area contributed by atoms with E-state index in [0.717, 1.165) is 17.7 Å². The highest BCUT2D eigenvalue weighted by Crippen LogP contribution is 2.30. The van der Waals surface area contributed by atoms with E-state index in [1.165, 1.54) is 18.2 Å². The molecule has 0 spiro atoms. The van der Waals surface area contributed by atoms with Gasteiger partial charge in [0.05, 0.1) is 22.3 Å². The van der Waals surface area contributed by atoms with Gasteiger partial charge in [0.25, 0.3) is 0 Å². The molecule has 0 aliphatic heterocycles. The molecule has 29 heavy (non-hydrogen) atoms. The summed E-state index contributed by atoms with van der Waals surface area (Å²) in [6.45, 7) is 0. The molecule has 0 saturated heterocycles. The molecule has 0 aliphatic carbocycles. The maximum Gasteiger partial charge on any atom is 0.416 e. The Morgan fingerprint density at radius 2 is 1.41 bits per heavy atom. The first-order valence-electron chi connectivity index (χ1n) is 8.73. The molecule has 2 N–H and O–H groups in total. The average Bonchev–Trinajstić information content (AvgIpc) is 2.72. The summed E-state index contributed by atoms with van der Waals surface area (Å²) in [5.41, 5.74) is 7.07. The highest BCUT2D eigenvalue weighted by atomic mass is 19.4. The Balaban J connectivity index is 1.57. The van der Waals surface area contributed by atoms with E-state index in [1.807, 2.05) is 30.3 Å². The van der Waals surface area contributed by atoms with Gasteiger partial charge in [-0.1, -0.05) is 30.3 Å². The van der Waals surface area contributed by atoms with Crippen LogP contribution in [0.25, 0.3) is 22.3 Å². The van der Waals surface area contributed by atoms with E-state index < -0.39 is 11.7 Å². The van der Waals surface area contributed by atoms with Crippen molar-refractivity contribution in [2.45, 2.75) is 6.18 Å². The van der Waals surface area contributed by atoms with Crippen LogP contribution in [0.1, 0.15) is 5.56 Å². The molecule has 0 amide bonds. The lowest BCUT2D eigenvalue weighted by molar-refractivity contribution is -0.137. The summed E-state index contributed by atoms with van der Waals surface area (Å²) in [5.74, 6) is 0.455. The van der Waals surface area contributed by atoms with Gasteiger partial charge in [0.1, 0.15) is 11.3 Å². The van der Waals surface area contributed by atoms with E-state index in [0.29, 0.717) is 28.1 Å². The second-order valence-corrected chi connectivity index (χ2v) is 6.38. The summed E-state index contributed by atoms with van der Waals surface area (Å²) < 4.78 is 43.8. The Hall–Kier alpha value is -3.74. The van der Waals surface area contributed by atoms with E-state index in [-0.39, 0.29) is 5.43 Å². The van der Waals surface area contributed by atoms with E-state index in [9.17, 15) is 18.0 Å². The van der Waals surface area contributed by atoms with Gasteiger partial charge in [0.2, 0.25) is 0 Å². The monoisotopic (exact) mass is 396 g/mol. The Morgan fingerprint density at radius 3 is 2.10 bits per heavy atom. The number of fused-ring (bicyclic) bond motifs is 1. The minimum atomic E-state index is -4.38. The molecule has 4 nitrogen and oxygen atoms in total. The number of nitrogens with one attached hydrogen (secondary N) is 2. The molecular weight excluding hydrogens is 381 g/mol. The fraction of sp³-hybridized carbons (Fsp3) is 0.0455. The molecule has 1 aromatic heterocycles. The first kappa shape index (κ1) is 18.6. The van der Waals surface area contributed by atoms with Crippen LogP contribution in [0.5, 0.6) is 0 Å². The third-order valence-electron chi connectivity index (χ3n) is 4.35. The molecule has 0 fully saturated rings. The summed E-state index contributed by atoms with van der Waals surface area (Å²) >= 11 is 0. The van der Waals surface area contributed by atoms with Gasteiger partial charge in [-0.15, -0.1) is 0 Å². The molecular formula is C22H15F3N2O2. The van der Waals surface area contributed by atoms with Gasteiger partial charge in [-0.25, -0.2) is 0 Å². The molecule has 3 aromatic carbocycles. The summed E-state index contributed by atoms with van der Waals surface area (Å²) in [4.78, 5) is 12.4. The zero-order valence-corrected chi connectivity index (χ0v) is 15.0. The molecule has 0 aliphatic rings. The number of hydrogen-bond donors (Lipinski definition) is 2. The predicted octanol–water partition coefficient (Wildman–Crippen LogP) is 5.92. The van der Waals surface area contributed by atoms with Gasteiger partial charge >= 0.3 is 6.18 Å². The lowest BCUT2D eigenvalue weighted by Crippen LogP contribution is -2.10. The fourth-order valence-electron chi connectivity index (χ4n) is 2.86. The average molecular weight is 396 g/mol. The molecule has 0 atom stereocenters. The minimum Gasteiger partial charge on any atom is -0.456 e. The topological polar surface area (TPSA) is 54.3 Å². The quantitative estimate of drug-likeness (QED) is 0.421. The van der Waals surface area contributed by atoms with Gasteiger partial charge in [-0.3, -0.25) is 4.79 Å². The molecule has 0 radical (unpaired) electrons. The van der Waals surface area contributed by atoms with E-state index in [2.05, 4.69) is 10.9 Å². The Kier molecular flexibility index (Phi) is 4.72.